The molecule has 0 fully saturated rings. The van der Waals surface area contributed by atoms with Crippen molar-refractivity contribution >= 4 is 27.3 Å². The Hall–Kier alpha value is -0.390. The molecule has 0 bridgehead atoms. The molecule has 0 aromatic heterocycles. The Morgan fingerprint density at radius 1 is 0.622 bits per heavy atom. The molecule has 224 valence electrons. The summed E-state index contributed by atoms with van der Waals surface area (Å²) in [5.74, 6) is 0. The molecule has 0 spiro atoms. The predicted octanol–water partition coefficient (Wildman–Crippen LogP) is 8.21. The van der Waals surface area contributed by atoms with Crippen LogP contribution in [0.4, 0.5) is 26.3 Å². The van der Waals surface area contributed by atoms with Crippen molar-refractivity contribution in [1.82, 2.24) is 4.13 Å². The number of allylic oxidation sites excluding steroid dienone is 1. The monoisotopic (exact) mass is 608 g/mol. The van der Waals surface area contributed by atoms with Gasteiger partial charge < -0.3 is 0 Å². The number of rotatable bonds is 19. The molecule has 37 heavy (non-hydrogen) atoms. The Bertz CT molecular complexity index is 743. The highest BCUT2D eigenvalue weighted by atomic mass is 32.3. The number of halogens is 6. The molecule has 0 unspecified atom stereocenters. The summed E-state index contributed by atoms with van der Waals surface area (Å²) in [7, 11) is -13.9. The molecule has 5 nitrogen and oxygen atoms in total. The van der Waals surface area contributed by atoms with E-state index in [2.05, 4.69) is 33.4 Å². The van der Waals surface area contributed by atoms with Gasteiger partial charge in [0.2, 0.25) is 0 Å². The maximum atomic E-state index is 11.5. The van der Waals surface area contributed by atoms with Gasteiger partial charge in [-0.25, -0.2) is 16.8 Å². The normalized spacial score (nSPS) is 13.2. The lowest BCUT2D eigenvalue weighted by Crippen LogP contribution is -2.45. The van der Waals surface area contributed by atoms with E-state index >= 15 is 0 Å². The summed E-state index contributed by atoms with van der Waals surface area (Å²) < 4.78 is 108. The molecule has 0 saturated carbocycles. The molecule has 0 heterocycles. The lowest BCUT2D eigenvalue weighted by molar-refractivity contribution is -0.0476. The van der Waals surface area contributed by atoms with Crippen LogP contribution in [0.25, 0.3) is 0 Å². The van der Waals surface area contributed by atoms with Gasteiger partial charge in [0.1, 0.15) is 0 Å². The van der Waals surface area contributed by atoms with Gasteiger partial charge in [0.25, 0.3) is 0 Å². The second kappa shape index (κ2) is 18.8. The molecule has 0 radical (unpaired) electrons. The van der Waals surface area contributed by atoms with Crippen LogP contribution >= 0.6 is 7.26 Å². The van der Waals surface area contributed by atoms with Crippen molar-refractivity contribution in [2.75, 3.05) is 24.6 Å². The van der Waals surface area contributed by atoms with Crippen LogP contribution in [0.15, 0.2) is 12.7 Å². The third-order valence-electron chi connectivity index (χ3n) is 5.80. The van der Waals surface area contributed by atoms with Crippen molar-refractivity contribution < 1.29 is 43.2 Å². The van der Waals surface area contributed by atoms with Gasteiger partial charge in [0.15, 0.2) is 0 Å². The summed E-state index contributed by atoms with van der Waals surface area (Å²) in [5, 5.41) is 0. The van der Waals surface area contributed by atoms with Crippen LogP contribution in [0.1, 0.15) is 97.8 Å². The van der Waals surface area contributed by atoms with Crippen LogP contribution in [0, 0.1) is 0 Å². The number of sulfonamides is 2. The maximum Gasteiger partial charge on any atom is 0.512 e. The number of hydrogen-bond acceptors (Lipinski definition) is 4. The first-order valence-corrected chi connectivity index (χ1v) is 18.3. The zero-order valence-corrected chi connectivity index (χ0v) is 24.8. The Kier molecular flexibility index (Phi) is 19.7. The second-order valence-electron chi connectivity index (χ2n) is 9.15. The third kappa shape index (κ3) is 17.0. The van der Waals surface area contributed by atoms with Crippen molar-refractivity contribution in [1.29, 1.82) is 0 Å². The largest absolute Gasteiger partial charge is 0.512 e. The molecule has 0 amide bonds. The lowest BCUT2D eigenvalue weighted by atomic mass is 10.2. The van der Waals surface area contributed by atoms with Crippen LogP contribution < -0.4 is 4.13 Å². The van der Waals surface area contributed by atoms with Crippen molar-refractivity contribution in [3.8, 4) is 0 Å². The zero-order valence-electron chi connectivity index (χ0n) is 22.3. The van der Waals surface area contributed by atoms with Gasteiger partial charge >= 0.3 is 31.1 Å². The molecule has 0 aromatic rings. The van der Waals surface area contributed by atoms with Gasteiger partial charge in [0, 0.05) is 7.26 Å². The van der Waals surface area contributed by atoms with Crippen molar-refractivity contribution in [2.45, 2.75) is 109 Å². The first-order chi connectivity index (χ1) is 16.9. The van der Waals surface area contributed by atoms with E-state index in [1.165, 1.54) is 83.2 Å². The topological polar surface area (TPSA) is 80.3 Å². The van der Waals surface area contributed by atoms with Crippen molar-refractivity contribution in [2.24, 2.45) is 0 Å². The predicted molar refractivity (Wildman–Crippen MR) is 142 cm³/mol. The second-order valence-corrected chi connectivity index (χ2v) is 17.1. The summed E-state index contributed by atoms with van der Waals surface area (Å²) in [6.45, 7) is 11.1. The van der Waals surface area contributed by atoms with Crippen LogP contribution in [0.3, 0.4) is 0 Å². The quantitative estimate of drug-likeness (QED) is 0.0694. The van der Waals surface area contributed by atoms with Crippen LogP contribution in [-0.4, -0.2) is 52.5 Å². The molecule has 0 aliphatic rings. The Morgan fingerprint density at radius 3 is 1.14 bits per heavy atom. The van der Waals surface area contributed by atoms with Crippen molar-refractivity contribution in [3.05, 3.63) is 12.7 Å². The maximum absolute atomic E-state index is 11.5. The summed E-state index contributed by atoms with van der Waals surface area (Å²) in [5.41, 5.74) is -12.3. The summed E-state index contributed by atoms with van der Waals surface area (Å²) >= 11 is 0. The lowest BCUT2D eigenvalue weighted by Gasteiger charge is -2.27. The average Bonchev–Trinajstić information content (AvgIpc) is 2.76. The van der Waals surface area contributed by atoms with Gasteiger partial charge in [-0.2, -0.15) is 26.3 Å². The highest BCUT2D eigenvalue weighted by Crippen LogP contribution is 2.60. The molecule has 0 rings (SSSR count). The SMILES string of the molecule is C=CC[P+](CCCCCC)(CCCCCC)CCCCCC.O=S(=O)(NS(=O)(=O)C(F)(F)F)C(F)(F)F. The smallest absolute Gasteiger partial charge is 0.202 e. The van der Waals surface area contributed by atoms with Gasteiger partial charge in [0.05, 0.1) is 24.6 Å². The Morgan fingerprint density at radius 2 is 0.919 bits per heavy atom. The summed E-state index contributed by atoms with van der Waals surface area (Å²) in [6, 6.07) is 0. The number of nitrogens with one attached hydrogen (secondary N) is 1. The minimum Gasteiger partial charge on any atom is -0.202 e. The third-order valence-corrected chi connectivity index (χ3v) is 13.6. The summed E-state index contributed by atoms with van der Waals surface area (Å²) in [6.07, 6.45) is 25.5. The van der Waals surface area contributed by atoms with E-state index < -0.39 is 42.5 Å². The fourth-order valence-corrected chi connectivity index (χ4v) is 10.1. The van der Waals surface area contributed by atoms with Crippen LogP contribution in [0.5, 0.6) is 0 Å². The Balaban J connectivity index is 0. The Labute approximate surface area is 220 Å². The molecule has 0 atom stereocenters. The zero-order chi connectivity index (χ0) is 29.2. The molecule has 0 aliphatic carbocycles. The minimum absolute atomic E-state index is 0.493. The van der Waals surface area contributed by atoms with Gasteiger partial charge in [-0.3, -0.25) is 0 Å². The molecule has 0 aliphatic heterocycles. The van der Waals surface area contributed by atoms with Crippen LogP contribution in [-0.2, 0) is 20.0 Å². The minimum atomic E-state index is -6.60. The average molecular weight is 609 g/mol. The van der Waals surface area contributed by atoms with Crippen molar-refractivity contribution in [3.63, 3.8) is 0 Å². The van der Waals surface area contributed by atoms with E-state index in [1.54, 1.807) is 18.5 Å². The fourth-order valence-electron chi connectivity index (χ4n) is 3.74. The first kappa shape index (κ1) is 38.8. The van der Waals surface area contributed by atoms with E-state index in [-0.39, 0.29) is 0 Å². The number of unbranched alkanes of at least 4 members (excludes halogenated alkanes) is 9. The van der Waals surface area contributed by atoms with Gasteiger partial charge in [-0.05, 0) is 38.5 Å². The highest BCUT2D eigenvalue weighted by molar-refractivity contribution is 8.05. The fraction of sp³-hybridized carbons (Fsp3) is 0.913. The van der Waals surface area contributed by atoms with Gasteiger partial charge in [-0.15, -0.1) is 0 Å². The van der Waals surface area contributed by atoms with E-state index in [1.807, 2.05) is 0 Å². The molecule has 0 saturated heterocycles. The first-order valence-electron chi connectivity index (χ1n) is 12.8. The highest BCUT2D eigenvalue weighted by Gasteiger charge is 2.55. The standard InChI is InChI=1S/C21H44P.C2HF6NO4S2/c1-5-9-12-15-19-22(18-8-4,20-16-13-10-6-2)21-17-14-11-7-3;3-1(4,5)14(10,11)9-15(12,13)2(6,7)8/h8H,4-7,9-21H2,1-3H3;9H/q+1;. The number of alkyl halides is 6. The van der Waals surface area contributed by atoms with Gasteiger partial charge in [-0.1, -0.05) is 76.1 Å². The molecular weight excluding hydrogens is 563 g/mol. The van der Waals surface area contributed by atoms with Crippen LogP contribution in [0.2, 0.25) is 0 Å². The molecule has 1 N–H and O–H groups in total. The van der Waals surface area contributed by atoms with E-state index in [0.717, 1.165) is 0 Å². The molecule has 14 heteroatoms. The van der Waals surface area contributed by atoms with E-state index in [4.69, 9.17) is 0 Å². The number of hydrogen-bond donors (Lipinski definition) is 1. The molecule has 0 aromatic carbocycles. The van der Waals surface area contributed by atoms with E-state index in [0.29, 0.717) is 0 Å². The molecular formula is C23H45F6NO4PS2+. The summed E-state index contributed by atoms with van der Waals surface area (Å²) in [4.78, 5) is 0. The van der Waals surface area contributed by atoms with E-state index in [9.17, 15) is 43.2 Å².